The summed E-state index contributed by atoms with van der Waals surface area (Å²) in [6.45, 7) is 7.41. The minimum Gasteiger partial charge on any atom is -0.480 e. The third-order valence-electron chi connectivity index (χ3n) is 9.01. The highest BCUT2D eigenvalue weighted by molar-refractivity contribution is 5.97. The maximum absolute atomic E-state index is 13.8. The number of aliphatic hydroxyl groups is 2. The molecule has 0 aromatic carbocycles. The van der Waals surface area contributed by atoms with Crippen LogP contribution in [0.3, 0.4) is 0 Å². The van der Waals surface area contributed by atoms with Gasteiger partial charge >= 0.3 is 5.97 Å². The first-order chi connectivity index (χ1) is 28.6. The van der Waals surface area contributed by atoms with Crippen LogP contribution in [0.5, 0.6) is 0 Å². The molecule has 0 saturated carbocycles. The average Bonchev–Trinajstić information content (AvgIpc) is 3.69. The molecule has 344 valence electrons. The van der Waals surface area contributed by atoms with Crippen LogP contribution in [0.25, 0.3) is 0 Å². The van der Waals surface area contributed by atoms with Crippen molar-refractivity contribution in [3.05, 3.63) is 18.2 Å². The maximum atomic E-state index is 13.8. The number of rotatable bonds is 28. The quantitative estimate of drug-likeness (QED) is 0.0213. The van der Waals surface area contributed by atoms with E-state index >= 15 is 0 Å². The maximum Gasteiger partial charge on any atom is 0.326 e. The van der Waals surface area contributed by atoms with E-state index in [-0.39, 0.29) is 56.5 Å². The van der Waals surface area contributed by atoms with Crippen LogP contribution in [-0.4, -0.2) is 147 Å². The number of carbonyl (C=O) groups is 7. The van der Waals surface area contributed by atoms with Crippen molar-refractivity contribution in [2.24, 2.45) is 29.0 Å². The number of aromatic nitrogens is 2. The summed E-state index contributed by atoms with van der Waals surface area (Å²) in [6, 6.07) is -9.72. The number of carbonyl (C=O) groups excluding carboxylic acids is 6. The summed E-state index contributed by atoms with van der Waals surface area (Å²) in [5.41, 5.74) is 16.9. The molecule has 0 bridgehead atoms. The summed E-state index contributed by atoms with van der Waals surface area (Å²) in [4.78, 5) is 99.0. The summed E-state index contributed by atoms with van der Waals surface area (Å²) in [7, 11) is 0. The molecule has 8 atom stereocenters. The van der Waals surface area contributed by atoms with Crippen molar-refractivity contribution < 1.29 is 48.9 Å². The Balaban J connectivity index is 3.21. The van der Waals surface area contributed by atoms with Crippen molar-refractivity contribution in [1.82, 2.24) is 52.5 Å². The number of amides is 6. The minimum absolute atomic E-state index is 0.00574. The molecule has 6 amide bonds. The lowest BCUT2D eigenvalue weighted by Gasteiger charge is -2.29. The van der Waals surface area contributed by atoms with Gasteiger partial charge in [-0.15, -0.1) is 0 Å². The van der Waals surface area contributed by atoms with Crippen LogP contribution in [-0.2, 0) is 40.0 Å². The van der Waals surface area contributed by atoms with Crippen LogP contribution in [0.2, 0.25) is 0 Å². The molecule has 1 heterocycles. The lowest BCUT2D eigenvalue weighted by atomic mass is 10.0. The van der Waals surface area contributed by atoms with Gasteiger partial charge in [0.2, 0.25) is 35.4 Å². The van der Waals surface area contributed by atoms with Crippen molar-refractivity contribution in [2.75, 3.05) is 19.7 Å². The SMILES string of the molecule is CC(C)C[C@H](NC(=O)[C@H](CCCNC(=N)N)NC(=O)[C@H](CO)NC(=O)[C@@H](NC(=O)[C@@H](N)CCCNC(=N)N)C(C)C)C(=O)N[C@H](C(=O)N[C@@H](Cc1c[nH]cn1)C(=O)O)[C@@H](C)O. The molecule has 1 aromatic rings. The Morgan fingerprint density at radius 1 is 0.705 bits per heavy atom. The zero-order chi connectivity index (χ0) is 46.4. The van der Waals surface area contributed by atoms with Crippen LogP contribution >= 0.6 is 0 Å². The van der Waals surface area contributed by atoms with Gasteiger partial charge in [-0.25, -0.2) is 9.78 Å². The van der Waals surface area contributed by atoms with Gasteiger partial charge in [-0.05, 0) is 50.9 Å². The zero-order valence-electron chi connectivity index (χ0n) is 35.2. The van der Waals surface area contributed by atoms with Crippen LogP contribution in [0.15, 0.2) is 12.5 Å². The molecule has 0 unspecified atom stereocenters. The smallest absolute Gasteiger partial charge is 0.326 e. The number of carboxylic acids is 1. The number of imidazole rings is 1. The highest BCUT2D eigenvalue weighted by Gasteiger charge is 2.35. The van der Waals surface area contributed by atoms with E-state index in [2.05, 4.69) is 52.5 Å². The molecule has 0 aliphatic rings. The number of aliphatic hydroxyl groups excluding tert-OH is 2. The molecule has 25 nitrogen and oxygen atoms in total. The topological polar surface area (TPSA) is 431 Å². The first kappa shape index (κ1) is 52.9. The monoisotopic (exact) mass is 868 g/mol. The molecule has 0 radical (unpaired) electrons. The zero-order valence-corrected chi connectivity index (χ0v) is 35.2. The molecule has 20 N–H and O–H groups in total. The second kappa shape index (κ2) is 26.9. The standard InChI is InChI=1S/C36H65N15O10/c1-17(2)12-23(30(56)51-27(19(5)53)33(59)48-24(34(60)61)13-20-14-42-16-45-20)47-29(55)22(9-7-11-44-36(40)41)46-31(57)25(15-52)49-32(58)26(18(3)4)50-28(54)21(37)8-6-10-43-35(38)39/h14,16-19,21-27,52-53H,6-13,15,37H2,1-5H3,(H,42,45)(H,46,57)(H,47,55)(H,48,59)(H,49,58)(H,50,54)(H,51,56)(H,60,61)(H4,38,39,43)(H4,40,41,44)/t19-,21+,22+,23+,24+,25+,26+,27+/m1/s1. The van der Waals surface area contributed by atoms with Crippen LogP contribution in [0.1, 0.15) is 72.4 Å². The molecular formula is C36H65N15O10. The second-order valence-corrected chi connectivity index (χ2v) is 15.2. The van der Waals surface area contributed by atoms with Crippen molar-refractivity contribution >= 4 is 53.3 Å². The highest BCUT2D eigenvalue weighted by Crippen LogP contribution is 2.10. The van der Waals surface area contributed by atoms with Gasteiger partial charge in [-0.2, -0.15) is 0 Å². The number of guanidine groups is 2. The van der Waals surface area contributed by atoms with Gasteiger partial charge in [0.1, 0.15) is 36.3 Å². The van der Waals surface area contributed by atoms with Gasteiger partial charge in [0.25, 0.3) is 0 Å². The molecule has 1 rings (SSSR count). The number of nitrogens with one attached hydrogen (secondary N) is 11. The first-order valence-electron chi connectivity index (χ1n) is 19.8. The molecule has 0 aliphatic heterocycles. The van der Waals surface area contributed by atoms with Crippen molar-refractivity contribution in [3.8, 4) is 0 Å². The van der Waals surface area contributed by atoms with Gasteiger partial charge in [-0.1, -0.05) is 27.7 Å². The predicted octanol–water partition coefficient (Wildman–Crippen LogP) is -5.13. The number of H-pyrrole nitrogens is 1. The number of hydrogen-bond donors (Lipinski definition) is 17. The minimum atomic E-state index is -1.66. The fourth-order valence-electron chi connectivity index (χ4n) is 5.70. The lowest BCUT2D eigenvalue weighted by Crippen LogP contribution is -2.61. The van der Waals surface area contributed by atoms with Crippen molar-refractivity contribution in [2.45, 2.75) is 122 Å². The summed E-state index contributed by atoms with van der Waals surface area (Å²) in [6.07, 6.45) is 1.68. The molecule has 0 fully saturated rings. The normalized spacial score (nSPS) is 15.0. The number of nitrogens with zero attached hydrogens (tertiary/aromatic N) is 1. The fourth-order valence-corrected chi connectivity index (χ4v) is 5.70. The van der Waals surface area contributed by atoms with Gasteiger partial charge < -0.3 is 80.0 Å². The first-order valence-corrected chi connectivity index (χ1v) is 19.8. The number of hydrogen-bond acceptors (Lipinski definition) is 13. The third kappa shape index (κ3) is 20.2. The van der Waals surface area contributed by atoms with Gasteiger partial charge in [0.15, 0.2) is 11.9 Å². The van der Waals surface area contributed by atoms with E-state index in [1.165, 1.54) is 19.4 Å². The summed E-state index contributed by atoms with van der Waals surface area (Å²) >= 11 is 0. The molecule has 0 saturated heterocycles. The molecule has 0 spiro atoms. The van der Waals surface area contributed by atoms with E-state index < -0.39 is 102 Å². The van der Waals surface area contributed by atoms with E-state index in [4.69, 9.17) is 28.0 Å². The lowest BCUT2D eigenvalue weighted by molar-refractivity contribution is -0.143. The Hall–Kier alpha value is -6.08. The van der Waals surface area contributed by atoms with E-state index in [1.54, 1.807) is 27.7 Å². The number of nitrogens with two attached hydrogens (primary N) is 3. The molecule has 0 aliphatic carbocycles. The molecular weight excluding hydrogens is 802 g/mol. The Morgan fingerprint density at radius 3 is 1.69 bits per heavy atom. The Kier molecular flexibility index (Phi) is 23.3. The second-order valence-electron chi connectivity index (χ2n) is 15.2. The summed E-state index contributed by atoms with van der Waals surface area (Å²) in [5, 5.41) is 64.7. The molecule has 1 aromatic heterocycles. The van der Waals surface area contributed by atoms with E-state index in [9.17, 15) is 48.9 Å². The summed E-state index contributed by atoms with van der Waals surface area (Å²) < 4.78 is 0. The van der Waals surface area contributed by atoms with E-state index in [1.807, 2.05) is 0 Å². The number of aliphatic carboxylic acids is 1. The largest absolute Gasteiger partial charge is 0.480 e. The van der Waals surface area contributed by atoms with Crippen LogP contribution in [0, 0.1) is 22.7 Å². The Labute approximate surface area is 353 Å². The van der Waals surface area contributed by atoms with E-state index in [0.717, 1.165) is 0 Å². The van der Waals surface area contributed by atoms with Gasteiger partial charge in [0.05, 0.1) is 30.8 Å². The predicted molar refractivity (Wildman–Crippen MR) is 221 cm³/mol. The average molecular weight is 868 g/mol. The fraction of sp³-hybridized carbons (Fsp3) is 0.667. The Morgan fingerprint density at radius 2 is 1.20 bits per heavy atom. The van der Waals surface area contributed by atoms with Gasteiger partial charge in [-0.3, -0.25) is 39.6 Å². The van der Waals surface area contributed by atoms with Crippen molar-refractivity contribution in [1.29, 1.82) is 10.8 Å². The summed E-state index contributed by atoms with van der Waals surface area (Å²) in [5.74, 6) is -8.05. The molecule has 25 heteroatoms. The van der Waals surface area contributed by atoms with Crippen LogP contribution in [0.4, 0.5) is 0 Å². The number of carboxylic acid groups (broad SMARTS) is 1. The molecule has 61 heavy (non-hydrogen) atoms. The van der Waals surface area contributed by atoms with E-state index in [0.29, 0.717) is 18.7 Å². The third-order valence-corrected chi connectivity index (χ3v) is 9.01. The highest BCUT2D eigenvalue weighted by atomic mass is 16.4. The van der Waals surface area contributed by atoms with Crippen molar-refractivity contribution in [3.63, 3.8) is 0 Å². The van der Waals surface area contributed by atoms with Gasteiger partial charge in [0, 0.05) is 25.7 Å². The van der Waals surface area contributed by atoms with Crippen LogP contribution < -0.4 is 59.7 Å². The Bertz CT molecular complexity index is 1630. The number of aromatic amines is 1.